The van der Waals surface area contributed by atoms with E-state index in [1.165, 1.54) is 29.4 Å². The first kappa shape index (κ1) is 26.1. The lowest BCUT2D eigenvalue weighted by Crippen LogP contribution is -2.15. The van der Waals surface area contributed by atoms with Crippen LogP contribution < -0.4 is 9.80 Å². The zero-order valence-corrected chi connectivity index (χ0v) is 24.1. The second kappa shape index (κ2) is 11.5. The van der Waals surface area contributed by atoms with Gasteiger partial charge in [-0.05, 0) is 86.3 Å². The van der Waals surface area contributed by atoms with E-state index in [1.54, 1.807) is 11.3 Å². The molecule has 1 aliphatic heterocycles. The van der Waals surface area contributed by atoms with Crippen molar-refractivity contribution in [2.24, 2.45) is 20.5 Å². The fourth-order valence-corrected chi connectivity index (χ4v) is 5.88. The Morgan fingerprint density at radius 2 is 1.71 bits per heavy atom. The molecular weight excluding hydrogens is 512 g/mol. The lowest BCUT2D eigenvalue weighted by Gasteiger charge is -2.22. The molecule has 1 fully saturated rings. The number of thiophene rings is 1. The standard InChI is InChI=1S/C28H32N8S2/c1-18(2)27-29-28(38-34-27)33-31-23-10-9-22(17-19(23)3)35(5)24-11-8-21(16-20(24)4)30-32-25-12-13-26(37-25)36-14-6-7-15-36/h8-13,16-18H,6-7,14-15H2,1-5H3. The summed E-state index contributed by atoms with van der Waals surface area (Å²) in [5.74, 6) is 1.08. The van der Waals surface area contributed by atoms with Gasteiger partial charge in [-0.2, -0.15) is 9.36 Å². The fourth-order valence-electron chi connectivity index (χ4n) is 4.36. The van der Waals surface area contributed by atoms with Gasteiger partial charge in [-0.3, -0.25) is 0 Å². The smallest absolute Gasteiger partial charge is 0.249 e. The normalized spacial score (nSPS) is 14.0. The lowest BCUT2D eigenvalue weighted by molar-refractivity contribution is 0.798. The van der Waals surface area contributed by atoms with Gasteiger partial charge in [0.2, 0.25) is 5.13 Å². The average Bonchev–Trinajstić information content (AvgIpc) is 3.68. The van der Waals surface area contributed by atoms with E-state index in [0.717, 1.165) is 57.8 Å². The second-order valence-electron chi connectivity index (χ2n) is 9.80. The van der Waals surface area contributed by atoms with Gasteiger partial charge in [0, 0.05) is 49.0 Å². The molecule has 0 saturated carbocycles. The van der Waals surface area contributed by atoms with E-state index in [0.29, 0.717) is 5.13 Å². The Morgan fingerprint density at radius 3 is 2.42 bits per heavy atom. The van der Waals surface area contributed by atoms with Gasteiger partial charge in [0.25, 0.3) is 0 Å². The zero-order chi connectivity index (χ0) is 26.6. The molecule has 196 valence electrons. The number of benzene rings is 2. The summed E-state index contributed by atoms with van der Waals surface area (Å²) in [5, 5.41) is 20.5. The lowest BCUT2D eigenvalue weighted by atomic mass is 10.1. The Balaban J connectivity index is 1.26. The maximum absolute atomic E-state index is 4.50. The molecule has 0 aliphatic carbocycles. The van der Waals surface area contributed by atoms with E-state index in [1.807, 2.05) is 19.1 Å². The van der Waals surface area contributed by atoms with Crippen molar-refractivity contribution < 1.29 is 0 Å². The SMILES string of the molecule is Cc1cc(N(C)c2ccc(N=Nc3ccc(N4CCCC4)s3)cc2C)ccc1N=Nc1nc(C(C)C)ns1. The summed E-state index contributed by atoms with van der Waals surface area (Å²) in [5.41, 5.74) is 6.02. The van der Waals surface area contributed by atoms with Gasteiger partial charge in [0.15, 0.2) is 0 Å². The van der Waals surface area contributed by atoms with Crippen LogP contribution in [-0.4, -0.2) is 29.5 Å². The van der Waals surface area contributed by atoms with Crippen LogP contribution in [0.15, 0.2) is 69.0 Å². The molecule has 0 unspecified atom stereocenters. The fraction of sp³-hybridized carbons (Fsp3) is 0.357. The Hall–Kier alpha value is -3.50. The molecule has 0 amide bonds. The van der Waals surface area contributed by atoms with Crippen molar-refractivity contribution in [2.75, 3.05) is 29.9 Å². The summed E-state index contributed by atoms with van der Waals surface area (Å²) in [6, 6.07) is 16.6. The molecule has 38 heavy (non-hydrogen) atoms. The van der Waals surface area contributed by atoms with Crippen LogP contribution in [0.1, 0.15) is 49.6 Å². The molecule has 0 N–H and O–H groups in total. The van der Waals surface area contributed by atoms with Crippen molar-refractivity contribution in [2.45, 2.75) is 46.5 Å². The molecule has 1 saturated heterocycles. The number of rotatable bonds is 8. The number of azo groups is 2. The molecule has 10 heteroatoms. The molecule has 0 radical (unpaired) electrons. The minimum absolute atomic E-state index is 0.279. The summed E-state index contributed by atoms with van der Waals surface area (Å²) < 4.78 is 4.33. The number of aryl methyl sites for hydroxylation is 2. The van der Waals surface area contributed by atoms with Gasteiger partial charge in [0.1, 0.15) is 10.8 Å². The third kappa shape index (κ3) is 5.97. The van der Waals surface area contributed by atoms with Crippen LogP contribution in [0.4, 0.5) is 37.9 Å². The minimum atomic E-state index is 0.279. The summed E-state index contributed by atoms with van der Waals surface area (Å²) in [6.07, 6.45) is 2.54. The van der Waals surface area contributed by atoms with Crippen LogP contribution in [0, 0.1) is 13.8 Å². The number of aromatic nitrogens is 2. The maximum atomic E-state index is 4.50. The van der Waals surface area contributed by atoms with Gasteiger partial charge in [0.05, 0.1) is 16.4 Å². The summed E-state index contributed by atoms with van der Waals surface area (Å²) in [7, 11) is 2.07. The van der Waals surface area contributed by atoms with Crippen LogP contribution in [-0.2, 0) is 0 Å². The molecule has 2 aromatic carbocycles. The minimum Gasteiger partial charge on any atom is -0.363 e. The van der Waals surface area contributed by atoms with Crippen molar-refractivity contribution in [3.05, 3.63) is 65.5 Å². The first-order chi connectivity index (χ1) is 18.4. The van der Waals surface area contributed by atoms with Crippen molar-refractivity contribution in [3.8, 4) is 0 Å². The van der Waals surface area contributed by atoms with Crippen molar-refractivity contribution >= 4 is 60.8 Å². The van der Waals surface area contributed by atoms with Crippen LogP contribution in [0.3, 0.4) is 0 Å². The van der Waals surface area contributed by atoms with E-state index in [-0.39, 0.29) is 5.92 Å². The predicted octanol–water partition coefficient (Wildman–Crippen LogP) is 9.54. The molecule has 3 heterocycles. The van der Waals surface area contributed by atoms with Crippen molar-refractivity contribution in [1.29, 1.82) is 0 Å². The molecule has 0 spiro atoms. The maximum Gasteiger partial charge on any atom is 0.249 e. The van der Waals surface area contributed by atoms with Gasteiger partial charge >= 0.3 is 0 Å². The van der Waals surface area contributed by atoms with Gasteiger partial charge in [-0.1, -0.05) is 25.2 Å². The third-order valence-electron chi connectivity index (χ3n) is 6.56. The predicted molar refractivity (Wildman–Crippen MR) is 159 cm³/mol. The highest BCUT2D eigenvalue weighted by Gasteiger charge is 2.14. The summed E-state index contributed by atoms with van der Waals surface area (Å²) in [6.45, 7) is 10.6. The van der Waals surface area contributed by atoms with Crippen molar-refractivity contribution in [1.82, 2.24) is 9.36 Å². The molecule has 0 atom stereocenters. The monoisotopic (exact) mass is 544 g/mol. The summed E-state index contributed by atoms with van der Waals surface area (Å²) in [4.78, 5) is 9.03. The molecule has 8 nitrogen and oxygen atoms in total. The summed E-state index contributed by atoms with van der Waals surface area (Å²) >= 11 is 2.98. The highest BCUT2D eigenvalue weighted by atomic mass is 32.1. The molecule has 5 rings (SSSR count). The van der Waals surface area contributed by atoms with E-state index >= 15 is 0 Å². The van der Waals surface area contributed by atoms with Crippen LogP contribution in [0.25, 0.3) is 0 Å². The second-order valence-corrected chi connectivity index (χ2v) is 11.6. The molecular formula is C28H32N8S2. The average molecular weight is 545 g/mol. The van der Waals surface area contributed by atoms with Crippen LogP contribution in [0.5, 0.6) is 0 Å². The molecule has 2 aromatic heterocycles. The molecule has 4 aromatic rings. The van der Waals surface area contributed by atoms with Crippen molar-refractivity contribution in [3.63, 3.8) is 0 Å². The van der Waals surface area contributed by atoms with E-state index in [9.17, 15) is 0 Å². The number of nitrogens with zero attached hydrogens (tertiary/aromatic N) is 8. The highest BCUT2D eigenvalue weighted by molar-refractivity contribution is 7.19. The van der Waals surface area contributed by atoms with Gasteiger partial charge in [-0.15, -0.1) is 20.5 Å². The van der Waals surface area contributed by atoms with Gasteiger partial charge < -0.3 is 9.80 Å². The Morgan fingerprint density at radius 1 is 0.895 bits per heavy atom. The number of hydrogen-bond acceptors (Lipinski definition) is 10. The Labute approximate surface area is 232 Å². The Kier molecular flexibility index (Phi) is 7.90. The quantitative estimate of drug-likeness (QED) is 0.207. The van der Waals surface area contributed by atoms with E-state index in [4.69, 9.17) is 0 Å². The van der Waals surface area contributed by atoms with Crippen LogP contribution >= 0.6 is 22.9 Å². The number of anilines is 3. The third-order valence-corrected chi connectivity index (χ3v) is 8.20. The van der Waals surface area contributed by atoms with E-state index < -0.39 is 0 Å². The van der Waals surface area contributed by atoms with Crippen LogP contribution in [0.2, 0.25) is 0 Å². The number of hydrogen-bond donors (Lipinski definition) is 0. The van der Waals surface area contributed by atoms with E-state index in [2.05, 4.69) is 104 Å². The first-order valence-electron chi connectivity index (χ1n) is 12.8. The largest absolute Gasteiger partial charge is 0.363 e. The molecule has 1 aliphatic rings. The van der Waals surface area contributed by atoms with Gasteiger partial charge in [-0.25, -0.2) is 0 Å². The highest BCUT2D eigenvalue weighted by Crippen LogP contribution is 2.36. The Bertz CT molecular complexity index is 1460. The zero-order valence-electron chi connectivity index (χ0n) is 22.4. The first-order valence-corrected chi connectivity index (χ1v) is 14.4. The molecule has 0 bridgehead atoms. The topological polar surface area (TPSA) is 81.7 Å².